The molecule has 0 saturated heterocycles. The molecule has 0 radical (unpaired) electrons. The number of rotatable bonds is 8. The zero-order chi connectivity index (χ0) is 15.2. The zero-order valence-corrected chi connectivity index (χ0v) is 13.7. The van der Waals surface area contributed by atoms with Crippen LogP contribution in [0, 0.1) is 5.92 Å². The summed E-state index contributed by atoms with van der Waals surface area (Å²) in [5.74, 6) is 2.50. The summed E-state index contributed by atoms with van der Waals surface area (Å²) >= 11 is 6.07. The van der Waals surface area contributed by atoms with Gasteiger partial charge in [0.2, 0.25) is 0 Å². The van der Waals surface area contributed by atoms with Gasteiger partial charge >= 0.3 is 0 Å². The number of nitrogens with zero attached hydrogens (tertiary/aromatic N) is 2. The second-order valence-corrected chi connectivity index (χ2v) is 5.57. The number of imidazole rings is 1. The third kappa shape index (κ3) is 3.69. The van der Waals surface area contributed by atoms with Crippen LogP contribution in [0.15, 0.2) is 18.2 Å². The number of ether oxygens (including phenoxy) is 2. The van der Waals surface area contributed by atoms with E-state index in [1.165, 1.54) is 0 Å². The maximum Gasteiger partial charge on any atom is 0.147 e. The Morgan fingerprint density at radius 2 is 2.19 bits per heavy atom. The van der Waals surface area contributed by atoms with Crippen LogP contribution in [-0.4, -0.2) is 29.9 Å². The van der Waals surface area contributed by atoms with E-state index in [2.05, 4.69) is 29.5 Å². The van der Waals surface area contributed by atoms with Gasteiger partial charge in [-0.1, -0.05) is 19.9 Å². The highest BCUT2D eigenvalue weighted by atomic mass is 35.5. The molecule has 5 heteroatoms. The molecule has 1 heterocycles. The van der Waals surface area contributed by atoms with Crippen molar-refractivity contribution in [2.24, 2.45) is 5.92 Å². The predicted molar refractivity (Wildman–Crippen MR) is 86.1 cm³/mol. The summed E-state index contributed by atoms with van der Waals surface area (Å²) < 4.78 is 13.2. The van der Waals surface area contributed by atoms with Crippen molar-refractivity contribution >= 4 is 22.6 Å². The van der Waals surface area contributed by atoms with Gasteiger partial charge in [0.15, 0.2) is 0 Å². The van der Waals surface area contributed by atoms with E-state index in [-0.39, 0.29) is 0 Å². The van der Waals surface area contributed by atoms with Gasteiger partial charge in [-0.2, -0.15) is 0 Å². The van der Waals surface area contributed by atoms with E-state index < -0.39 is 0 Å². The van der Waals surface area contributed by atoms with Crippen molar-refractivity contribution in [3.63, 3.8) is 0 Å². The largest absolute Gasteiger partial charge is 0.491 e. The second-order valence-electron chi connectivity index (χ2n) is 5.31. The van der Waals surface area contributed by atoms with Crippen LogP contribution in [0.1, 0.15) is 26.1 Å². The Kier molecular flexibility index (Phi) is 5.88. The minimum atomic E-state index is 0.390. The van der Waals surface area contributed by atoms with Crippen molar-refractivity contribution < 1.29 is 9.47 Å². The number of hydrogen-bond donors (Lipinski definition) is 0. The lowest BCUT2D eigenvalue weighted by molar-refractivity contribution is 0.151. The Balaban J connectivity index is 2.39. The van der Waals surface area contributed by atoms with Gasteiger partial charge in [-0.15, -0.1) is 11.6 Å². The molecule has 0 saturated carbocycles. The Hall–Kier alpha value is -1.26. The van der Waals surface area contributed by atoms with Crippen molar-refractivity contribution in [2.75, 3.05) is 20.3 Å². The average Bonchev–Trinajstić information content (AvgIpc) is 2.84. The monoisotopic (exact) mass is 310 g/mol. The van der Waals surface area contributed by atoms with Crippen LogP contribution in [-0.2, 0) is 17.2 Å². The standard InChI is InChI=1S/C16H23ClN2O2/c1-4-8-21-14-7-5-6-13-16(14)18-15(9-17)19(13)10-12(2)11-20-3/h5-7,12H,4,8-11H2,1-3H3. The molecule has 2 aromatic rings. The van der Waals surface area contributed by atoms with Gasteiger partial charge in [0.25, 0.3) is 0 Å². The number of benzene rings is 1. The summed E-state index contributed by atoms with van der Waals surface area (Å²) in [6.45, 7) is 6.50. The molecule has 0 spiro atoms. The van der Waals surface area contributed by atoms with E-state index in [0.29, 0.717) is 25.0 Å². The molecule has 0 amide bonds. The van der Waals surface area contributed by atoms with E-state index in [0.717, 1.165) is 35.6 Å². The molecule has 116 valence electrons. The minimum absolute atomic E-state index is 0.390. The SMILES string of the molecule is CCCOc1cccc2c1nc(CCl)n2CC(C)COC. The van der Waals surface area contributed by atoms with E-state index in [1.807, 2.05) is 12.1 Å². The molecule has 2 rings (SSSR count). The molecule has 0 fully saturated rings. The quantitative estimate of drug-likeness (QED) is 0.695. The number of halogens is 1. The molecular weight excluding hydrogens is 288 g/mol. The van der Waals surface area contributed by atoms with Crippen molar-refractivity contribution in [3.8, 4) is 5.75 Å². The molecule has 1 aromatic carbocycles. The fraction of sp³-hybridized carbons (Fsp3) is 0.562. The van der Waals surface area contributed by atoms with Crippen molar-refractivity contribution in [1.82, 2.24) is 9.55 Å². The zero-order valence-electron chi connectivity index (χ0n) is 12.9. The average molecular weight is 311 g/mol. The van der Waals surface area contributed by atoms with Crippen LogP contribution in [0.25, 0.3) is 11.0 Å². The lowest BCUT2D eigenvalue weighted by atomic mass is 10.2. The van der Waals surface area contributed by atoms with E-state index in [4.69, 9.17) is 21.1 Å². The van der Waals surface area contributed by atoms with Crippen LogP contribution < -0.4 is 4.74 Å². The van der Waals surface area contributed by atoms with Crippen molar-refractivity contribution in [3.05, 3.63) is 24.0 Å². The van der Waals surface area contributed by atoms with Crippen molar-refractivity contribution in [1.29, 1.82) is 0 Å². The van der Waals surface area contributed by atoms with Gasteiger partial charge in [-0.05, 0) is 24.5 Å². The minimum Gasteiger partial charge on any atom is -0.491 e. The summed E-state index contributed by atoms with van der Waals surface area (Å²) in [4.78, 5) is 4.66. The third-order valence-electron chi connectivity index (χ3n) is 3.35. The molecule has 21 heavy (non-hydrogen) atoms. The third-order valence-corrected chi connectivity index (χ3v) is 3.59. The lowest BCUT2D eigenvalue weighted by Crippen LogP contribution is -2.14. The molecular formula is C16H23ClN2O2. The molecule has 4 nitrogen and oxygen atoms in total. The molecule has 0 N–H and O–H groups in total. The molecule has 1 atom stereocenters. The van der Waals surface area contributed by atoms with Crippen LogP contribution in [0.4, 0.5) is 0 Å². The topological polar surface area (TPSA) is 36.3 Å². The highest BCUT2D eigenvalue weighted by Crippen LogP contribution is 2.27. The second kappa shape index (κ2) is 7.66. The Labute approximate surface area is 131 Å². The first-order chi connectivity index (χ1) is 10.2. The Morgan fingerprint density at radius 1 is 1.38 bits per heavy atom. The predicted octanol–water partition coefficient (Wildman–Crippen LogP) is 3.85. The van der Waals surface area contributed by atoms with E-state index in [1.54, 1.807) is 7.11 Å². The number of hydrogen-bond acceptors (Lipinski definition) is 3. The highest BCUT2D eigenvalue weighted by molar-refractivity contribution is 6.16. The summed E-state index contributed by atoms with van der Waals surface area (Å²) in [6, 6.07) is 6.03. The number of para-hydroxylation sites is 1. The lowest BCUT2D eigenvalue weighted by Gasteiger charge is -2.14. The van der Waals surface area contributed by atoms with Gasteiger partial charge in [-0.3, -0.25) is 0 Å². The fourth-order valence-electron chi connectivity index (χ4n) is 2.45. The maximum atomic E-state index is 6.07. The number of fused-ring (bicyclic) bond motifs is 1. The van der Waals surface area contributed by atoms with Crippen LogP contribution >= 0.6 is 11.6 Å². The first kappa shape index (κ1) is 16.1. The summed E-state index contributed by atoms with van der Waals surface area (Å²) in [5, 5.41) is 0. The van der Waals surface area contributed by atoms with Crippen LogP contribution in [0.2, 0.25) is 0 Å². The fourth-order valence-corrected chi connectivity index (χ4v) is 2.66. The smallest absolute Gasteiger partial charge is 0.147 e. The molecule has 1 aromatic heterocycles. The van der Waals surface area contributed by atoms with Gasteiger partial charge in [0.1, 0.15) is 17.1 Å². The van der Waals surface area contributed by atoms with Crippen LogP contribution in [0.3, 0.4) is 0 Å². The van der Waals surface area contributed by atoms with Gasteiger partial charge < -0.3 is 14.0 Å². The number of aromatic nitrogens is 2. The summed E-state index contributed by atoms with van der Waals surface area (Å²) in [6.07, 6.45) is 0.977. The molecule has 0 aliphatic heterocycles. The normalized spacial score (nSPS) is 12.8. The van der Waals surface area contributed by atoms with Gasteiger partial charge in [0, 0.05) is 13.7 Å². The Bertz CT molecular complexity index is 583. The molecule has 0 aliphatic carbocycles. The maximum absolute atomic E-state index is 6.07. The summed E-state index contributed by atoms with van der Waals surface area (Å²) in [5.41, 5.74) is 1.97. The molecule has 0 aliphatic rings. The van der Waals surface area contributed by atoms with Crippen LogP contribution in [0.5, 0.6) is 5.75 Å². The van der Waals surface area contributed by atoms with E-state index in [9.17, 15) is 0 Å². The van der Waals surface area contributed by atoms with Gasteiger partial charge in [0.05, 0.1) is 24.6 Å². The van der Waals surface area contributed by atoms with E-state index >= 15 is 0 Å². The molecule has 0 bridgehead atoms. The molecule has 1 unspecified atom stereocenters. The van der Waals surface area contributed by atoms with Gasteiger partial charge in [-0.25, -0.2) is 4.98 Å². The number of methoxy groups -OCH3 is 1. The number of alkyl halides is 1. The highest BCUT2D eigenvalue weighted by Gasteiger charge is 2.15. The summed E-state index contributed by atoms with van der Waals surface area (Å²) in [7, 11) is 1.72. The Morgan fingerprint density at radius 3 is 2.86 bits per heavy atom. The first-order valence-electron chi connectivity index (χ1n) is 7.37. The van der Waals surface area contributed by atoms with Crippen molar-refractivity contribution in [2.45, 2.75) is 32.7 Å². The first-order valence-corrected chi connectivity index (χ1v) is 7.90.